The lowest BCUT2D eigenvalue weighted by molar-refractivity contribution is 0.669. The van der Waals surface area contributed by atoms with Crippen molar-refractivity contribution in [3.8, 4) is 51.0 Å². The Morgan fingerprint density at radius 2 is 0.864 bits per heavy atom. The molecular formula is C61H36N4O. The second-order valence-corrected chi connectivity index (χ2v) is 17.2. The van der Waals surface area contributed by atoms with Gasteiger partial charge >= 0.3 is 0 Å². The van der Waals surface area contributed by atoms with Gasteiger partial charge in [0, 0.05) is 38.4 Å². The Bertz CT molecular complexity index is 4280. The van der Waals surface area contributed by atoms with E-state index in [4.69, 9.17) is 19.4 Å². The maximum atomic E-state index is 7.01. The van der Waals surface area contributed by atoms with Crippen molar-refractivity contribution in [1.82, 2.24) is 19.5 Å². The van der Waals surface area contributed by atoms with E-state index in [1.54, 1.807) is 0 Å². The molecule has 0 fully saturated rings. The Labute approximate surface area is 378 Å². The first-order valence-corrected chi connectivity index (χ1v) is 22.3. The van der Waals surface area contributed by atoms with E-state index in [9.17, 15) is 0 Å². The van der Waals surface area contributed by atoms with Crippen molar-refractivity contribution in [3.05, 3.63) is 218 Å². The van der Waals surface area contributed by atoms with Crippen molar-refractivity contribution in [3.63, 3.8) is 0 Å². The SMILES string of the molecule is c1ccc(-c2ccc(-c3nc(-c4ccc5ccccc5c4)nc(-c4cc(-n5c6cc7ccccc7cc6c6c7ccccc7ccc65)cc5c4oc4ccc6ccccc6c45)n3)cc2)cc1. The third-order valence-corrected chi connectivity index (χ3v) is 13.4. The zero-order valence-corrected chi connectivity index (χ0v) is 35.5. The zero-order chi connectivity index (χ0) is 43.3. The van der Waals surface area contributed by atoms with Crippen LogP contribution in [0, 0.1) is 0 Å². The van der Waals surface area contributed by atoms with Crippen LogP contribution in [0.5, 0.6) is 0 Å². The van der Waals surface area contributed by atoms with Crippen molar-refractivity contribution in [2.45, 2.75) is 0 Å². The molecule has 0 atom stereocenters. The van der Waals surface area contributed by atoms with Crippen molar-refractivity contribution in [2.24, 2.45) is 0 Å². The molecule has 14 rings (SSSR count). The highest BCUT2D eigenvalue weighted by atomic mass is 16.3. The number of aromatic nitrogens is 4. The fraction of sp³-hybridized carbons (Fsp3) is 0. The summed E-state index contributed by atoms with van der Waals surface area (Å²) in [5.74, 6) is 1.70. The van der Waals surface area contributed by atoms with E-state index < -0.39 is 0 Å². The summed E-state index contributed by atoms with van der Waals surface area (Å²) < 4.78 is 9.43. The van der Waals surface area contributed by atoms with Gasteiger partial charge in [0.05, 0.1) is 16.6 Å². The van der Waals surface area contributed by atoms with Crippen molar-refractivity contribution in [1.29, 1.82) is 0 Å². The van der Waals surface area contributed by atoms with E-state index >= 15 is 0 Å². The molecule has 3 heterocycles. The minimum Gasteiger partial charge on any atom is -0.455 e. The standard InChI is InChI=1S/C61H36N4O/c1-2-12-37(13-3-1)39-22-25-42(26-23-39)59-62-60(46-27-24-38-14-4-5-17-43(38)32-46)64-61(63-59)52-36-47(35-51-57-49-21-11-9-16-41(49)29-31-55(57)66-58(51)52)65-53-30-28-40-15-8-10-20-48(40)56(53)50-33-44-18-6-7-19-45(44)34-54(50)65/h1-36H. The molecule has 0 bridgehead atoms. The number of furan rings is 1. The highest BCUT2D eigenvalue weighted by Crippen LogP contribution is 2.44. The van der Waals surface area contributed by atoms with Gasteiger partial charge in [0.1, 0.15) is 11.2 Å². The van der Waals surface area contributed by atoms with Crippen LogP contribution in [0.2, 0.25) is 0 Å². The van der Waals surface area contributed by atoms with Crippen LogP contribution in [0.1, 0.15) is 0 Å². The van der Waals surface area contributed by atoms with E-state index in [1.807, 2.05) is 6.07 Å². The minimum absolute atomic E-state index is 0.530. The molecule has 5 nitrogen and oxygen atoms in total. The van der Waals surface area contributed by atoms with Crippen LogP contribution >= 0.6 is 0 Å². The lowest BCUT2D eigenvalue weighted by atomic mass is 10.0. The van der Waals surface area contributed by atoms with E-state index in [-0.39, 0.29) is 0 Å². The molecule has 0 amide bonds. The number of benzene rings is 11. The fourth-order valence-electron chi connectivity index (χ4n) is 10.2. The number of hydrogen-bond acceptors (Lipinski definition) is 4. The second-order valence-electron chi connectivity index (χ2n) is 17.2. The summed E-state index contributed by atoms with van der Waals surface area (Å²) in [7, 11) is 0. The van der Waals surface area contributed by atoms with Crippen LogP contribution in [0.15, 0.2) is 223 Å². The van der Waals surface area contributed by atoms with Crippen LogP contribution in [-0.4, -0.2) is 19.5 Å². The molecule has 0 aliphatic carbocycles. The van der Waals surface area contributed by atoms with Crippen molar-refractivity contribution < 1.29 is 4.42 Å². The predicted molar refractivity (Wildman–Crippen MR) is 273 cm³/mol. The maximum absolute atomic E-state index is 7.01. The van der Waals surface area contributed by atoms with Gasteiger partial charge in [0.25, 0.3) is 0 Å². The number of nitrogens with zero attached hydrogens (tertiary/aromatic N) is 4. The number of hydrogen-bond donors (Lipinski definition) is 0. The van der Waals surface area contributed by atoms with Gasteiger partial charge in [-0.1, -0.05) is 176 Å². The zero-order valence-electron chi connectivity index (χ0n) is 35.5. The lowest BCUT2D eigenvalue weighted by Crippen LogP contribution is -2.02. The van der Waals surface area contributed by atoms with Crippen LogP contribution in [0.4, 0.5) is 0 Å². The van der Waals surface area contributed by atoms with Gasteiger partial charge in [0.2, 0.25) is 0 Å². The van der Waals surface area contributed by atoms with Crippen LogP contribution < -0.4 is 0 Å². The van der Waals surface area contributed by atoms with Gasteiger partial charge in [-0.05, 0) is 96.7 Å². The molecule has 0 aliphatic rings. The first-order chi connectivity index (χ1) is 32.7. The van der Waals surface area contributed by atoms with Gasteiger partial charge in [-0.2, -0.15) is 0 Å². The van der Waals surface area contributed by atoms with Crippen LogP contribution in [-0.2, 0) is 0 Å². The Morgan fingerprint density at radius 3 is 1.62 bits per heavy atom. The fourth-order valence-corrected chi connectivity index (χ4v) is 10.2. The smallest absolute Gasteiger partial charge is 0.167 e. The normalized spacial score (nSPS) is 11.9. The molecule has 0 aliphatic heterocycles. The monoisotopic (exact) mass is 840 g/mol. The Balaban J connectivity index is 1.09. The lowest BCUT2D eigenvalue weighted by Gasteiger charge is -2.13. The first-order valence-electron chi connectivity index (χ1n) is 22.3. The van der Waals surface area contributed by atoms with Gasteiger partial charge in [-0.15, -0.1) is 0 Å². The van der Waals surface area contributed by atoms with Crippen LogP contribution in [0.25, 0.3) is 138 Å². The molecule has 0 unspecified atom stereocenters. The maximum Gasteiger partial charge on any atom is 0.167 e. The van der Waals surface area contributed by atoms with Crippen molar-refractivity contribution >= 4 is 86.8 Å². The van der Waals surface area contributed by atoms with Gasteiger partial charge in [0.15, 0.2) is 17.5 Å². The molecule has 0 saturated carbocycles. The topological polar surface area (TPSA) is 56.7 Å². The quantitative estimate of drug-likeness (QED) is 0.173. The molecule has 14 aromatic rings. The van der Waals surface area contributed by atoms with Crippen LogP contribution in [0.3, 0.4) is 0 Å². The highest BCUT2D eigenvalue weighted by Gasteiger charge is 2.23. The summed E-state index contributed by atoms with van der Waals surface area (Å²) in [6, 6.07) is 77.6. The molecule has 0 radical (unpaired) electrons. The summed E-state index contributed by atoms with van der Waals surface area (Å²) in [5, 5.41) is 13.8. The molecule has 11 aromatic carbocycles. The number of fused-ring (bicyclic) bond motifs is 12. The molecule has 306 valence electrons. The summed E-state index contributed by atoms with van der Waals surface area (Å²) in [5.41, 5.74) is 9.62. The largest absolute Gasteiger partial charge is 0.455 e. The van der Waals surface area contributed by atoms with E-state index in [2.05, 4.69) is 217 Å². The number of rotatable bonds is 5. The molecular weight excluding hydrogens is 805 g/mol. The van der Waals surface area contributed by atoms with E-state index in [0.717, 1.165) is 88.0 Å². The summed E-state index contributed by atoms with van der Waals surface area (Å²) >= 11 is 0. The minimum atomic E-state index is 0.530. The third kappa shape index (κ3) is 5.70. The molecule has 0 N–H and O–H groups in total. The third-order valence-electron chi connectivity index (χ3n) is 13.4. The van der Waals surface area contributed by atoms with Gasteiger partial charge in [-0.3, -0.25) is 0 Å². The molecule has 5 heteroatoms. The van der Waals surface area contributed by atoms with E-state index in [1.165, 1.54) is 32.3 Å². The summed E-state index contributed by atoms with van der Waals surface area (Å²) in [6.45, 7) is 0. The predicted octanol–water partition coefficient (Wildman–Crippen LogP) is 16.1. The Kier molecular flexibility index (Phi) is 7.91. The molecule has 0 saturated heterocycles. The average molecular weight is 841 g/mol. The summed E-state index contributed by atoms with van der Waals surface area (Å²) in [4.78, 5) is 16.0. The Hall–Kier alpha value is -8.93. The van der Waals surface area contributed by atoms with E-state index in [0.29, 0.717) is 17.5 Å². The summed E-state index contributed by atoms with van der Waals surface area (Å²) in [6.07, 6.45) is 0. The van der Waals surface area contributed by atoms with Crippen molar-refractivity contribution in [2.75, 3.05) is 0 Å². The van der Waals surface area contributed by atoms with Gasteiger partial charge < -0.3 is 8.98 Å². The second kappa shape index (κ2) is 14.3. The first kappa shape index (κ1) is 36.5. The Morgan fingerprint density at radius 1 is 0.318 bits per heavy atom. The van der Waals surface area contributed by atoms with Gasteiger partial charge in [-0.25, -0.2) is 15.0 Å². The average Bonchev–Trinajstić information content (AvgIpc) is 3.93. The molecule has 3 aromatic heterocycles. The highest BCUT2D eigenvalue weighted by molar-refractivity contribution is 6.24. The molecule has 0 spiro atoms. The molecule has 66 heavy (non-hydrogen) atoms.